The van der Waals surface area contributed by atoms with Crippen molar-refractivity contribution in [3.05, 3.63) is 87.9 Å². The van der Waals surface area contributed by atoms with Gasteiger partial charge in [0.2, 0.25) is 5.11 Å². The summed E-state index contributed by atoms with van der Waals surface area (Å²) in [6.07, 6.45) is 1.77. The number of methoxy groups -OCH3 is 1. The average Bonchev–Trinajstić information content (AvgIpc) is 2.74. The molecule has 8 heteroatoms. The maximum absolute atomic E-state index is 6.20. The molecule has 0 radical (unpaired) electrons. The van der Waals surface area contributed by atoms with E-state index in [0.29, 0.717) is 33.3 Å². The molecule has 0 amide bonds. The number of halogens is 2. The van der Waals surface area contributed by atoms with E-state index in [1.54, 1.807) is 25.5 Å². The van der Waals surface area contributed by atoms with Gasteiger partial charge in [-0.1, -0.05) is 47.5 Å². The van der Waals surface area contributed by atoms with Crippen LogP contribution in [0.1, 0.15) is 11.1 Å². The summed E-state index contributed by atoms with van der Waals surface area (Å²) in [7, 11) is 1.59. The van der Waals surface area contributed by atoms with E-state index in [2.05, 4.69) is 15.8 Å². The number of hydrogen-bond acceptors (Lipinski definition) is 3. The van der Waals surface area contributed by atoms with E-state index < -0.39 is 0 Å². The quantitative estimate of drug-likeness (QED) is 0.282. The minimum Gasteiger partial charge on any atom is -0.493 e. The van der Waals surface area contributed by atoms with E-state index in [1.807, 2.05) is 54.6 Å². The van der Waals surface area contributed by atoms with Gasteiger partial charge in [-0.25, -0.2) is 0 Å². The monoisotopic (exact) mass is 460 g/mol. The van der Waals surface area contributed by atoms with Gasteiger partial charge in [0.05, 0.1) is 7.11 Å². The number of hydrazine groups is 1. The second-order valence-electron chi connectivity index (χ2n) is 6.17. The number of ether oxygens (including phenoxy) is 2. The van der Waals surface area contributed by atoms with Crippen molar-refractivity contribution in [1.29, 1.82) is 0 Å². The lowest BCUT2D eigenvalue weighted by Crippen LogP contribution is -2.82. The number of hydrazone groups is 1. The third kappa shape index (κ3) is 6.35. The first-order valence-electron chi connectivity index (χ1n) is 9.00. The van der Waals surface area contributed by atoms with Crippen molar-refractivity contribution in [3.63, 3.8) is 0 Å². The molecule has 0 atom stereocenters. The molecule has 0 aromatic heterocycles. The Morgan fingerprint density at radius 3 is 2.57 bits per heavy atom. The molecule has 0 aliphatic rings. The molecule has 0 saturated heterocycles. The van der Waals surface area contributed by atoms with Crippen LogP contribution in [0.25, 0.3) is 0 Å². The number of rotatable bonds is 7. The fourth-order valence-corrected chi connectivity index (χ4v) is 3.20. The average molecular weight is 461 g/mol. The maximum atomic E-state index is 6.20. The van der Waals surface area contributed by atoms with Crippen molar-refractivity contribution in [2.24, 2.45) is 0 Å². The van der Waals surface area contributed by atoms with Gasteiger partial charge >= 0.3 is 0 Å². The summed E-state index contributed by atoms with van der Waals surface area (Å²) in [6.45, 7) is 0.300. The molecule has 0 aliphatic carbocycles. The van der Waals surface area contributed by atoms with Gasteiger partial charge in [-0.2, -0.15) is 0 Å². The van der Waals surface area contributed by atoms with Gasteiger partial charge in [-0.05, 0) is 54.7 Å². The highest BCUT2D eigenvalue weighted by Gasteiger charge is 2.09. The Balaban J connectivity index is 1.59. The highest BCUT2D eigenvalue weighted by molar-refractivity contribution is 7.80. The van der Waals surface area contributed by atoms with Crippen LogP contribution >= 0.6 is 35.4 Å². The smallest absolute Gasteiger partial charge is 0.228 e. The number of anilines is 1. The number of para-hydroxylation sites is 1. The Morgan fingerprint density at radius 1 is 1.03 bits per heavy atom. The van der Waals surface area contributed by atoms with Crippen LogP contribution in [0, 0.1) is 0 Å². The fourth-order valence-electron chi connectivity index (χ4n) is 2.56. The van der Waals surface area contributed by atoms with Gasteiger partial charge < -0.3 is 14.8 Å². The van der Waals surface area contributed by atoms with E-state index in [9.17, 15) is 0 Å². The largest absolute Gasteiger partial charge is 0.493 e. The minimum absolute atomic E-state index is 0.300. The van der Waals surface area contributed by atoms with Gasteiger partial charge in [0.25, 0.3) is 0 Å². The zero-order chi connectivity index (χ0) is 21.3. The summed E-state index contributed by atoms with van der Waals surface area (Å²) in [5.41, 5.74) is 5.52. The molecule has 3 rings (SSSR count). The van der Waals surface area contributed by atoms with E-state index >= 15 is 0 Å². The van der Waals surface area contributed by atoms with Gasteiger partial charge in [-0.3, -0.25) is 0 Å². The Labute approximate surface area is 190 Å². The van der Waals surface area contributed by atoms with Crippen molar-refractivity contribution in [1.82, 2.24) is 5.43 Å². The Kier molecular flexibility index (Phi) is 7.90. The third-order valence-corrected chi connectivity index (χ3v) is 4.83. The summed E-state index contributed by atoms with van der Waals surface area (Å²) in [6, 6.07) is 20.5. The lowest BCUT2D eigenvalue weighted by molar-refractivity contribution is -0.499. The normalized spacial score (nSPS) is 10.6. The van der Waals surface area contributed by atoms with Gasteiger partial charge in [0, 0.05) is 26.9 Å². The predicted octanol–water partition coefficient (Wildman–Crippen LogP) is 3.98. The van der Waals surface area contributed by atoms with Crippen molar-refractivity contribution < 1.29 is 14.6 Å². The zero-order valence-corrected chi connectivity index (χ0v) is 18.4. The van der Waals surface area contributed by atoms with Crippen LogP contribution in [-0.2, 0) is 6.61 Å². The molecule has 3 N–H and O–H groups in total. The highest BCUT2D eigenvalue weighted by Crippen LogP contribution is 2.29. The Hall–Kier alpha value is -2.80. The van der Waals surface area contributed by atoms with Gasteiger partial charge in [0.15, 0.2) is 17.7 Å². The molecule has 154 valence electrons. The van der Waals surface area contributed by atoms with E-state index in [-0.39, 0.29) is 0 Å². The van der Waals surface area contributed by atoms with Crippen molar-refractivity contribution >= 4 is 52.4 Å². The number of benzene rings is 3. The van der Waals surface area contributed by atoms with Crippen molar-refractivity contribution in [2.75, 3.05) is 12.4 Å². The number of thiocarbonyl (C=S) groups is 1. The van der Waals surface area contributed by atoms with Crippen molar-refractivity contribution in [3.8, 4) is 11.5 Å². The zero-order valence-electron chi connectivity index (χ0n) is 16.1. The third-order valence-electron chi connectivity index (χ3n) is 4.04. The van der Waals surface area contributed by atoms with Crippen LogP contribution in [0.5, 0.6) is 11.5 Å². The summed E-state index contributed by atoms with van der Waals surface area (Å²) in [5, 5.41) is 7.62. The Morgan fingerprint density at radius 2 is 1.83 bits per heavy atom. The molecule has 0 saturated carbocycles. The molecule has 0 bridgehead atoms. The number of hydrogen-bond donors (Lipinski definition) is 3. The van der Waals surface area contributed by atoms with E-state index in [0.717, 1.165) is 16.8 Å². The summed E-state index contributed by atoms with van der Waals surface area (Å²) >= 11 is 17.4. The predicted molar refractivity (Wildman–Crippen MR) is 126 cm³/mol. The first kappa shape index (κ1) is 21.9. The molecule has 30 heavy (non-hydrogen) atoms. The second-order valence-corrected chi connectivity index (χ2v) is 7.42. The van der Waals surface area contributed by atoms with E-state index in [1.165, 1.54) is 0 Å². The Bertz CT molecular complexity index is 1050. The van der Waals surface area contributed by atoms with Crippen LogP contribution in [0.2, 0.25) is 10.0 Å². The molecule has 0 heterocycles. The first-order chi connectivity index (χ1) is 14.5. The molecule has 0 unspecified atom stereocenters. The lowest BCUT2D eigenvalue weighted by Gasteiger charge is -2.12. The first-order valence-corrected chi connectivity index (χ1v) is 10.2. The molecular weight excluding hydrogens is 441 g/mol. The highest BCUT2D eigenvalue weighted by atomic mass is 35.5. The topological polar surface area (TPSA) is 56.5 Å². The maximum Gasteiger partial charge on any atom is 0.228 e. The summed E-state index contributed by atoms with van der Waals surface area (Å²) in [4.78, 5) is 0. The molecule has 5 nitrogen and oxygen atoms in total. The molecule has 0 spiro atoms. The van der Waals surface area contributed by atoms with Crippen LogP contribution in [0.15, 0.2) is 66.7 Å². The van der Waals surface area contributed by atoms with E-state index in [4.69, 9.17) is 44.9 Å². The number of nitrogens with one attached hydrogen (secondary N) is 3. The SMILES string of the molecule is COc1cc(C=[NH+]NC(=S)Nc2ccccc2)ccc1OCc1ccc(Cl)cc1Cl. The van der Waals surface area contributed by atoms with Gasteiger partial charge in [0.1, 0.15) is 6.61 Å². The summed E-state index contributed by atoms with van der Waals surface area (Å²) < 4.78 is 11.3. The molecular formula is C22H20Cl2N3O2S+. The fraction of sp³-hybridized carbons (Fsp3) is 0.0909. The standard InChI is InChI=1S/C22H19Cl2N3O2S/c1-28-21-11-15(13-25-27-22(30)26-18-5-3-2-4-6-18)7-10-20(21)29-14-16-8-9-17(23)12-19(16)24/h2-13H,14H2,1H3,(H2,26,27,30)/p+1. The van der Waals surface area contributed by atoms with Crippen LogP contribution in [-0.4, -0.2) is 18.4 Å². The molecule has 0 fully saturated rings. The summed E-state index contributed by atoms with van der Waals surface area (Å²) in [5.74, 6) is 1.20. The van der Waals surface area contributed by atoms with Crippen LogP contribution in [0.3, 0.4) is 0 Å². The molecule has 3 aromatic carbocycles. The van der Waals surface area contributed by atoms with Crippen molar-refractivity contribution in [2.45, 2.75) is 6.61 Å². The van der Waals surface area contributed by atoms with Gasteiger partial charge in [-0.15, -0.1) is 10.5 Å². The van der Waals surface area contributed by atoms with Crippen LogP contribution < -0.4 is 25.3 Å². The molecule has 0 aliphatic heterocycles. The second kappa shape index (κ2) is 10.8. The minimum atomic E-state index is 0.300. The van der Waals surface area contributed by atoms with Crippen LogP contribution in [0.4, 0.5) is 5.69 Å². The lowest BCUT2D eigenvalue weighted by atomic mass is 10.2. The molecule has 3 aromatic rings.